The number of unbranched alkanes of at least 4 members (excludes halogenated alkanes) is 55. The van der Waals surface area contributed by atoms with E-state index in [-0.39, 0.29) is 18.5 Å². The summed E-state index contributed by atoms with van der Waals surface area (Å²) in [5, 5.41) is 23.5. The quantitative estimate of drug-likeness (QED) is 0.0320. The molecule has 0 saturated carbocycles. The van der Waals surface area contributed by atoms with E-state index in [0.29, 0.717) is 25.9 Å². The van der Waals surface area contributed by atoms with Crippen LogP contribution in [0.2, 0.25) is 0 Å². The van der Waals surface area contributed by atoms with Crippen molar-refractivity contribution in [3.63, 3.8) is 0 Å². The SMILES string of the molecule is CCCCCCCCC/C=C\CCCCCCCCCC(=O)OCCCCCCCCCCCC/C=C\CCCCCCCCCC(=O)NC(CO)C(O)CCCCCCCCCCCCCCCCCCCCCCCCCCC. The molecule has 2 unspecified atom stereocenters. The van der Waals surface area contributed by atoms with Crippen LogP contribution in [0.5, 0.6) is 0 Å². The molecule has 0 spiro atoms. The summed E-state index contributed by atoms with van der Waals surface area (Å²) in [6, 6.07) is -0.549. The monoisotopic (exact) mass is 1140 g/mol. The normalized spacial score (nSPS) is 12.6. The third kappa shape index (κ3) is 67.3. The van der Waals surface area contributed by atoms with Crippen molar-refractivity contribution in [2.24, 2.45) is 0 Å². The molecule has 0 saturated heterocycles. The summed E-state index contributed by atoms with van der Waals surface area (Å²) in [6.45, 7) is 4.99. The molecule has 0 rings (SSSR count). The summed E-state index contributed by atoms with van der Waals surface area (Å²) in [5.41, 5.74) is 0. The highest BCUT2D eigenvalue weighted by atomic mass is 16.5. The molecule has 0 bridgehead atoms. The number of rotatable bonds is 70. The minimum Gasteiger partial charge on any atom is -0.466 e. The second-order valence-electron chi connectivity index (χ2n) is 25.6. The average molecular weight is 1140 g/mol. The molecular weight excluding hydrogens is 995 g/mol. The van der Waals surface area contributed by atoms with E-state index in [4.69, 9.17) is 4.74 Å². The molecule has 0 aliphatic heterocycles. The number of nitrogens with one attached hydrogen (secondary N) is 1. The Morgan fingerprint density at radius 1 is 0.333 bits per heavy atom. The van der Waals surface area contributed by atoms with Crippen LogP contribution in [0.4, 0.5) is 0 Å². The first-order chi connectivity index (χ1) is 40.0. The number of allylic oxidation sites excluding steroid dienone is 4. The molecule has 0 aliphatic rings. The van der Waals surface area contributed by atoms with Gasteiger partial charge in [-0.1, -0.05) is 353 Å². The van der Waals surface area contributed by atoms with Crippen molar-refractivity contribution in [3.8, 4) is 0 Å². The minimum atomic E-state index is -0.671. The molecule has 81 heavy (non-hydrogen) atoms. The summed E-state index contributed by atoms with van der Waals surface area (Å²) >= 11 is 0. The van der Waals surface area contributed by atoms with Gasteiger partial charge in [0.25, 0.3) is 0 Å². The first-order valence-corrected chi connectivity index (χ1v) is 37.1. The number of ether oxygens (including phenoxy) is 1. The second kappa shape index (κ2) is 70.8. The molecule has 0 aliphatic carbocycles. The van der Waals surface area contributed by atoms with Crippen LogP contribution < -0.4 is 5.32 Å². The maximum absolute atomic E-state index is 12.6. The number of aliphatic hydroxyl groups excluding tert-OH is 2. The standard InChI is InChI=1S/C75H145NO5/c1-3-5-7-9-11-13-15-17-19-21-23-24-25-26-27-29-32-35-39-43-47-51-55-59-63-67-73(78)72(71-77)76-74(79)68-64-60-56-52-48-44-40-36-33-30-28-31-34-38-42-46-50-54-58-62-66-70-81-75(80)69-65-61-57-53-49-45-41-37-22-20-18-16-14-12-10-8-6-4-2/h20,22,30,33,72-73,77-78H,3-19,21,23-29,31-32,34-71H2,1-2H3,(H,76,79)/b22-20-,33-30-. The number of amides is 1. The van der Waals surface area contributed by atoms with Crippen LogP contribution in [0, 0.1) is 0 Å². The van der Waals surface area contributed by atoms with E-state index in [2.05, 4.69) is 43.5 Å². The molecule has 1 amide bonds. The van der Waals surface area contributed by atoms with Gasteiger partial charge in [0.2, 0.25) is 5.91 Å². The smallest absolute Gasteiger partial charge is 0.305 e. The number of carbonyl (C=O) groups is 2. The van der Waals surface area contributed by atoms with Gasteiger partial charge in [0.1, 0.15) is 0 Å². The lowest BCUT2D eigenvalue weighted by Gasteiger charge is -2.22. The van der Waals surface area contributed by atoms with Gasteiger partial charge in [-0.25, -0.2) is 0 Å². The molecular formula is C75H145NO5. The number of esters is 1. The van der Waals surface area contributed by atoms with E-state index < -0.39 is 12.1 Å². The molecule has 6 nitrogen and oxygen atoms in total. The van der Waals surface area contributed by atoms with Gasteiger partial charge < -0.3 is 20.3 Å². The summed E-state index contributed by atoms with van der Waals surface area (Å²) in [7, 11) is 0. The van der Waals surface area contributed by atoms with Gasteiger partial charge in [-0.05, 0) is 77.0 Å². The number of aliphatic hydroxyl groups is 2. The lowest BCUT2D eigenvalue weighted by Crippen LogP contribution is -2.45. The molecule has 0 aromatic carbocycles. The van der Waals surface area contributed by atoms with E-state index in [1.165, 1.54) is 340 Å². The number of hydrogen-bond donors (Lipinski definition) is 3. The van der Waals surface area contributed by atoms with Crippen LogP contribution in [0.25, 0.3) is 0 Å². The summed E-state index contributed by atoms with van der Waals surface area (Å²) in [5.74, 6) is -0.0312. The van der Waals surface area contributed by atoms with Gasteiger partial charge in [-0.3, -0.25) is 9.59 Å². The fraction of sp³-hybridized carbons (Fsp3) is 0.920. The molecule has 0 heterocycles. The predicted octanol–water partition coefficient (Wildman–Crippen LogP) is 24.1. The van der Waals surface area contributed by atoms with Crippen LogP contribution in [0.1, 0.15) is 418 Å². The van der Waals surface area contributed by atoms with Gasteiger partial charge in [0.05, 0.1) is 25.4 Å². The highest BCUT2D eigenvalue weighted by Crippen LogP contribution is 2.19. The van der Waals surface area contributed by atoms with Crippen LogP contribution in [-0.2, 0) is 14.3 Å². The van der Waals surface area contributed by atoms with Crippen LogP contribution >= 0.6 is 0 Å². The molecule has 6 heteroatoms. The van der Waals surface area contributed by atoms with Gasteiger partial charge in [0.15, 0.2) is 0 Å². The van der Waals surface area contributed by atoms with Gasteiger partial charge in [-0.2, -0.15) is 0 Å². The van der Waals surface area contributed by atoms with Crippen molar-refractivity contribution in [1.29, 1.82) is 0 Å². The highest BCUT2D eigenvalue weighted by molar-refractivity contribution is 5.76. The number of hydrogen-bond acceptors (Lipinski definition) is 5. The van der Waals surface area contributed by atoms with Crippen molar-refractivity contribution in [3.05, 3.63) is 24.3 Å². The van der Waals surface area contributed by atoms with Crippen molar-refractivity contribution in [2.75, 3.05) is 13.2 Å². The van der Waals surface area contributed by atoms with E-state index in [1.807, 2.05) is 0 Å². The largest absolute Gasteiger partial charge is 0.466 e. The Morgan fingerprint density at radius 3 is 0.877 bits per heavy atom. The summed E-state index contributed by atoms with van der Waals surface area (Å²) in [6.07, 6.45) is 89.5. The Balaban J connectivity index is 3.41. The third-order valence-electron chi connectivity index (χ3n) is 17.5. The molecule has 0 aromatic rings. The van der Waals surface area contributed by atoms with E-state index in [1.54, 1.807) is 0 Å². The first kappa shape index (κ1) is 79.3. The van der Waals surface area contributed by atoms with E-state index in [0.717, 1.165) is 44.9 Å². The summed E-state index contributed by atoms with van der Waals surface area (Å²) < 4.78 is 5.50. The zero-order valence-electron chi connectivity index (χ0n) is 55.0. The number of carbonyl (C=O) groups excluding carboxylic acids is 2. The fourth-order valence-corrected chi connectivity index (χ4v) is 11.8. The molecule has 0 fully saturated rings. The van der Waals surface area contributed by atoms with E-state index in [9.17, 15) is 19.8 Å². The molecule has 2 atom stereocenters. The maximum atomic E-state index is 12.6. The van der Waals surface area contributed by atoms with Gasteiger partial charge in [-0.15, -0.1) is 0 Å². The second-order valence-corrected chi connectivity index (χ2v) is 25.6. The third-order valence-corrected chi connectivity index (χ3v) is 17.5. The Labute approximate surface area is 507 Å². The fourth-order valence-electron chi connectivity index (χ4n) is 11.8. The molecule has 480 valence electrons. The Bertz CT molecular complexity index is 1270. The Hall–Kier alpha value is -1.66. The Morgan fingerprint density at radius 2 is 0.580 bits per heavy atom. The van der Waals surface area contributed by atoms with Crippen molar-refractivity contribution in [2.45, 2.75) is 431 Å². The first-order valence-electron chi connectivity index (χ1n) is 37.1. The van der Waals surface area contributed by atoms with Crippen molar-refractivity contribution >= 4 is 11.9 Å². The average Bonchev–Trinajstić information content (AvgIpc) is 3.47. The minimum absolute atomic E-state index is 0.00658. The molecule has 0 radical (unpaired) electrons. The van der Waals surface area contributed by atoms with Gasteiger partial charge in [0, 0.05) is 12.8 Å². The van der Waals surface area contributed by atoms with Crippen LogP contribution in [0.3, 0.4) is 0 Å². The topological polar surface area (TPSA) is 95.9 Å². The van der Waals surface area contributed by atoms with Crippen LogP contribution in [-0.4, -0.2) is 47.4 Å². The lowest BCUT2D eigenvalue weighted by atomic mass is 10.0. The van der Waals surface area contributed by atoms with Crippen molar-refractivity contribution < 1.29 is 24.5 Å². The van der Waals surface area contributed by atoms with Gasteiger partial charge >= 0.3 is 5.97 Å². The maximum Gasteiger partial charge on any atom is 0.305 e. The highest BCUT2D eigenvalue weighted by Gasteiger charge is 2.20. The molecule has 0 aromatic heterocycles. The zero-order chi connectivity index (χ0) is 58.5. The molecule has 3 N–H and O–H groups in total. The van der Waals surface area contributed by atoms with Crippen LogP contribution in [0.15, 0.2) is 24.3 Å². The Kier molecular flexibility index (Phi) is 69.4. The summed E-state index contributed by atoms with van der Waals surface area (Å²) in [4.78, 5) is 24.7. The van der Waals surface area contributed by atoms with Crippen molar-refractivity contribution in [1.82, 2.24) is 5.32 Å². The zero-order valence-corrected chi connectivity index (χ0v) is 55.0. The lowest BCUT2D eigenvalue weighted by molar-refractivity contribution is -0.143. The predicted molar refractivity (Wildman–Crippen MR) is 356 cm³/mol. The van der Waals surface area contributed by atoms with E-state index >= 15 is 0 Å².